The minimum atomic E-state index is 0. The summed E-state index contributed by atoms with van der Waals surface area (Å²) in [5.41, 5.74) is 10.8. The van der Waals surface area contributed by atoms with Crippen LogP contribution in [0.2, 0.25) is 0 Å². The molecular weight excluding hydrogens is 176 g/mol. The molecule has 0 aromatic heterocycles. The Balaban J connectivity index is -0.000000605. The molecule has 0 amide bonds. The topological polar surface area (TPSA) is 122 Å². The molecule has 0 atom stereocenters. The van der Waals surface area contributed by atoms with Gasteiger partial charge in [-0.3, -0.25) is 0 Å². The standard InChI is InChI=1S/C10H24N2.2H3N/c1-10(6-2-4-8-11)7-3-5-9-12;;/h10H,2-9,11-12H2,1H3;2*1H3. The zero-order valence-electron chi connectivity index (χ0n) is 9.80. The molecule has 0 radical (unpaired) electrons. The fraction of sp³-hybridized carbons (Fsp3) is 1.00. The lowest BCUT2D eigenvalue weighted by molar-refractivity contribution is 0.448. The van der Waals surface area contributed by atoms with Crippen molar-refractivity contribution in [3.05, 3.63) is 0 Å². The number of hydrogen-bond donors (Lipinski definition) is 4. The second-order valence-electron chi connectivity index (χ2n) is 3.67. The highest BCUT2D eigenvalue weighted by atomic mass is 14.5. The van der Waals surface area contributed by atoms with Crippen LogP contribution in [0.15, 0.2) is 0 Å². The molecule has 0 unspecified atom stereocenters. The molecule has 90 valence electrons. The number of hydrogen-bond acceptors (Lipinski definition) is 4. The molecule has 0 spiro atoms. The van der Waals surface area contributed by atoms with E-state index in [0.717, 1.165) is 19.0 Å². The predicted octanol–water partition coefficient (Wildman–Crippen LogP) is 2.20. The number of nitrogens with two attached hydrogens (primary N) is 2. The number of unbranched alkanes of at least 4 members (excludes halogenated alkanes) is 2. The normalized spacial score (nSPS) is 9.43. The number of rotatable bonds is 8. The van der Waals surface area contributed by atoms with Crippen molar-refractivity contribution in [2.24, 2.45) is 17.4 Å². The molecule has 0 saturated heterocycles. The van der Waals surface area contributed by atoms with E-state index in [2.05, 4.69) is 6.92 Å². The quantitative estimate of drug-likeness (QED) is 0.455. The average molecular weight is 206 g/mol. The molecule has 0 saturated carbocycles. The first-order valence-corrected chi connectivity index (χ1v) is 5.21. The van der Waals surface area contributed by atoms with Gasteiger partial charge in [-0.2, -0.15) is 0 Å². The van der Waals surface area contributed by atoms with E-state index in [-0.39, 0.29) is 12.3 Å². The van der Waals surface area contributed by atoms with Gasteiger partial charge in [0.05, 0.1) is 0 Å². The molecule has 0 heterocycles. The highest BCUT2D eigenvalue weighted by molar-refractivity contribution is 4.54. The maximum atomic E-state index is 5.42. The summed E-state index contributed by atoms with van der Waals surface area (Å²) in [7, 11) is 0. The second-order valence-corrected chi connectivity index (χ2v) is 3.67. The zero-order chi connectivity index (χ0) is 9.23. The highest BCUT2D eigenvalue weighted by Gasteiger charge is 2.00. The Hall–Kier alpha value is -0.160. The Kier molecular flexibility index (Phi) is 21.2. The molecule has 0 aliphatic heterocycles. The minimum Gasteiger partial charge on any atom is -0.344 e. The fourth-order valence-electron chi connectivity index (χ4n) is 1.42. The highest BCUT2D eigenvalue weighted by Crippen LogP contribution is 2.14. The first-order chi connectivity index (χ1) is 5.81. The van der Waals surface area contributed by atoms with E-state index in [1.807, 2.05) is 0 Å². The summed E-state index contributed by atoms with van der Waals surface area (Å²) in [6.07, 6.45) is 7.62. The van der Waals surface area contributed by atoms with Gasteiger partial charge in [-0.15, -0.1) is 0 Å². The molecular formula is C10H30N4. The van der Waals surface area contributed by atoms with E-state index in [1.165, 1.54) is 38.5 Å². The Morgan fingerprint density at radius 2 is 1.14 bits per heavy atom. The summed E-state index contributed by atoms with van der Waals surface area (Å²) in [6.45, 7) is 4.01. The van der Waals surface area contributed by atoms with Crippen LogP contribution >= 0.6 is 0 Å². The molecule has 0 rings (SSSR count). The maximum absolute atomic E-state index is 5.42. The van der Waals surface area contributed by atoms with Crippen LogP contribution < -0.4 is 23.8 Å². The lowest BCUT2D eigenvalue weighted by Crippen LogP contribution is -2.02. The summed E-state index contributed by atoms with van der Waals surface area (Å²) in [6, 6.07) is 0. The summed E-state index contributed by atoms with van der Waals surface area (Å²) in [5.74, 6) is 0.864. The second kappa shape index (κ2) is 15.3. The molecule has 10 N–H and O–H groups in total. The minimum absolute atomic E-state index is 0. The van der Waals surface area contributed by atoms with Crippen LogP contribution in [0.3, 0.4) is 0 Å². The third kappa shape index (κ3) is 14.4. The predicted molar refractivity (Wildman–Crippen MR) is 65.0 cm³/mol. The van der Waals surface area contributed by atoms with Gasteiger partial charge in [0.2, 0.25) is 0 Å². The van der Waals surface area contributed by atoms with Gasteiger partial charge >= 0.3 is 0 Å². The van der Waals surface area contributed by atoms with Crippen molar-refractivity contribution in [3.8, 4) is 0 Å². The Bertz CT molecular complexity index is 78.2. The Morgan fingerprint density at radius 3 is 1.43 bits per heavy atom. The van der Waals surface area contributed by atoms with Gasteiger partial charge in [0.15, 0.2) is 0 Å². The summed E-state index contributed by atoms with van der Waals surface area (Å²) in [5, 5.41) is 0. The molecule has 0 aromatic carbocycles. The van der Waals surface area contributed by atoms with Crippen LogP contribution in [-0.4, -0.2) is 13.1 Å². The summed E-state index contributed by atoms with van der Waals surface area (Å²) < 4.78 is 0. The molecule has 0 aromatic rings. The van der Waals surface area contributed by atoms with E-state index >= 15 is 0 Å². The summed E-state index contributed by atoms with van der Waals surface area (Å²) in [4.78, 5) is 0. The molecule has 4 heteroatoms. The molecule has 0 aliphatic carbocycles. The van der Waals surface area contributed by atoms with Crippen molar-refractivity contribution < 1.29 is 0 Å². The van der Waals surface area contributed by atoms with Gasteiger partial charge in [-0.1, -0.05) is 32.6 Å². The van der Waals surface area contributed by atoms with E-state index in [4.69, 9.17) is 11.5 Å². The van der Waals surface area contributed by atoms with Gasteiger partial charge in [0, 0.05) is 0 Å². The SMILES string of the molecule is CC(CCCCN)CCCCN.N.N. The molecule has 0 fully saturated rings. The van der Waals surface area contributed by atoms with E-state index in [9.17, 15) is 0 Å². The van der Waals surface area contributed by atoms with Gasteiger partial charge in [0.25, 0.3) is 0 Å². The average Bonchev–Trinajstić information content (AvgIpc) is 2.06. The van der Waals surface area contributed by atoms with Crippen LogP contribution in [0.5, 0.6) is 0 Å². The van der Waals surface area contributed by atoms with Crippen molar-refractivity contribution in [1.29, 1.82) is 0 Å². The van der Waals surface area contributed by atoms with Crippen molar-refractivity contribution in [2.45, 2.75) is 45.4 Å². The molecule has 0 aliphatic rings. The van der Waals surface area contributed by atoms with Gasteiger partial charge in [0.1, 0.15) is 0 Å². The zero-order valence-corrected chi connectivity index (χ0v) is 9.80. The van der Waals surface area contributed by atoms with Gasteiger partial charge in [-0.05, 0) is 31.8 Å². The molecule has 4 nitrogen and oxygen atoms in total. The third-order valence-electron chi connectivity index (χ3n) is 2.30. The van der Waals surface area contributed by atoms with Crippen molar-refractivity contribution in [3.63, 3.8) is 0 Å². The molecule has 14 heavy (non-hydrogen) atoms. The lowest BCUT2D eigenvalue weighted by Gasteiger charge is -2.09. The van der Waals surface area contributed by atoms with E-state index in [0.29, 0.717) is 0 Å². The van der Waals surface area contributed by atoms with Crippen LogP contribution in [0, 0.1) is 5.92 Å². The van der Waals surface area contributed by atoms with Crippen molar-refractivity contribution in [2.75, 3.05) is 13.1 Å². The van der Waals surface area contributed by atoms with E-state index in [1.54, 1.807) is 0 Å². The van der Waals surface area contributed by atoms with Crippen LogP contribution in [0.1, 0.15) is 45.4 Å². The largest absolute Gasteiger partial charge is 0.344 e. The smallest absolute Gasteiger partial charge is 0.00773 e. The first-order valence-electron chi connectivity index (χ1n) is 5.21. The lowest BCUT2D eigenvalue weighted by atomic mass is 9.98. The van der Waals surface area contributed by atoms with Crippen LogP contribution in [0.4, 0.5) is 0 Å². The van der Waals surface area contributed by atoms with Crippen LogP contribution in [-0.2, 0) is 0 Å². The van der Waals surface area contributed by atoms with Crippen molar-refractivity contribution in [1.82, 2.24) is 12.3 Å². The monoisotopic (exact) mass is 206 g/mol. The van der Waals surface area contributed by atoms with Crippen molar-refractivity contribution >= 4 is 0 Å². The van der Waals surface area contributed by atoms with Gasteiger partial charge in [-0.25, -0.2) is 0 Å². The van der Waals surface area contributed by atoms with E-state index < -0.39 is 0 Å². The molecule has 0 bridgehead atoms. The summed E-state index contributed by atoms with van der Waals surface area (Å²) >= 11 is 0. The Morgan fingerprint density at radius 1 is 0.786 bits per heavy atom. The van der Waals surface area contributed by atoms with Gasteiger partial charge < -0.3 is 23.8 Å². The third-order valence-corrected chi connectivity index (χ3v) is 2.30. The Labute approximate surface area is 89.0 Å². The van der Waals surface area contributed by atoms with Crippen LogP contribution in [0.25, 0.3) is 0 Å². The maximum Gasteiger partial charge on any atom is -0.00773 e. The first kappa shape index (κ1) is 19.4. The fourth-order valence-corrected chi connectivity index (χ4v) is 1.42.